The molecule has 3 nitrogen and oxygen atoms in total. The van der Waals surface area contributed by atoms with Gasteiger partial charge in [-0.3, -0.25) is 0 Å². The molecule has 0 aliphatic heterocycles. The molecular formula is C26H21ClF3NO2. The highest BCUT2D eigenvalue weighted by atomic mass is 35.5. The summed E-state index contributed by atoms with van der Waals surface area (Å²) in [6, 6.07) is 19.5. The average Bonchev–Trinajstić information content (AvgIpc) is 3.10. The Kier molecular flexibility index (Phi) is 6.75. The molecule has 0 atom stereocenters. The van der Waals surface area contributed by atoms with Crippen molar-refractivity contribution in [3.63, 3.8) is 0 Å². The fourth-order valence-electron chi connectivity index (χ4n) is 4.00. The molecule has 0 unspecified atom stereocenters. The van der Waals surface area contributed by atoms with Crippen LogP contribution in [0.25, 0.3) is 17.2 Å². The molecule has 0 saturated heterocycles. The number of benzene rings is 3. The highest BCUT2D eigenvalue weighted by molar-refractivity contribution is 6.30. The van der Waals surface area contributed by atoms with Gasteiger partial charge in [-0.15, -0.1) is 0 Å². The van der Waals surface area contributed by atoms with E-state index in [4.69, 9.17) is 16.3 Å². The predicted octanol–water partition coefficient (Wildman–Crippen LogP) is 7.30. The van der Waals surface area contributed by atoms with E-state index in [9.17, 15) is 18.0 Å². The molecule has 4 rings (SSSR count). The van der Waals surface area contributed by atoms with E-state index < -0.39 is 17.8 Å². The summed E-state index contributed by atoms with van der Waals surface area (Å²) in [7, 11) is 0. The second-order valence-electron chi connectivity index (χ2n) is 7.71. The number of ether oxygens (including phenoxy) is 1. The molecule has 0 fully saturated rings. The van der Waals surface area contributed by atoms with Crippen LogP contribution in [-0.4, -0.2) is 19.2 Å². The Bertz CT molecular complexity index is 1140. The lowest BCUT2D eigenvalue weighted by Crippen LogP contribution is -2.26. The predicted molar refractivity (Wildman–Crippen MR) is 123 cm³/mol. The lowest BCUT2D eigenvalue weighted by molar-refractivity contribution is -0.137. The number of hydrogen-bond donors (Lipinski definition) is 1. The number of rotatable bonds is 6. The van der Waals surface area contributed by atoms with Crippen molar-refractivity contribution in [2.45, 2.75) is 18.5 Å². The SMILES string of the molecule is O=C(NCCC=Cc1cc(Cl)cc(C(F)(F)F)c1)OCC1c2ccccc2-c2ccccc21. The van der Waals surface area contributed by atoms with E-state index in [2.05, 4.69) is 17.4 Å². The molecule has 0 spiro atoms. The molecule has 0 radical (unpaired) electrons. The van der Waals surface area contributed by atoms with E-state index in [1.807, 2.05) is 36.4 Å². The molecule has 33 heavy (non-hydrogen) atoms. The van der Waals surface area contributed by atoms with Crippen molar-refractivity contribution in [3.8, 4) is 11.1 Å². The van der Waals surface area contributed by atoms with Gasteiger partial charge >= 0.3 is 12.3 Å². The van der Waals surface area contributed by atoms with Gasteiger partial charge in [0.15, 0.2) is 0 Å². The first kappa shape index (κ1) is 22.9. The number of amides is 1. The Labute approximate surface area is 194 Å². The van der Waals surface area contributed by atoms with Crippen LogP contribution in [0, 0.1) is 0 Å². The van der Waals surface area contributed by atoms with Crippen LogP contribution in [0.4, 0.5) is 18.0 Å². The molecule has 1 aliphatic carbocycles. The maximum Gasteiger partial charge on any atom is 0.416 e. The Balaban J connectivity index is 1.28. The molecular weight excluding hydrogens is 451 g/mol. The minimum Gasteiger partial charge on any atom is -0.449 e. The van der Waals surface area contributed by atoms with Crippen LogP contribution in [0.15, 0.2) is 72.8 Å². The van der Waals surface area contributed by atoms with Gasteiger partial charge in [-0.05, 0) is 52.4 Å². The van der Waals surface area contributed by atoms with Gasteiger partial charge in [-0.2, -0.15) is 13.2 Å². The first-order valence-corrected chi connectivity index (χ1v) is 10.8. The van der Waals surface area contributed by atoms with E-state index >= 15 is 0 Å². The normalized spacial score (nSPS) is 13.1. The van der Waals surface area contributed by atoms with Gasteiger partial charge in [0, 0.05) is 17.5 Å². The van der Waals surface area contributed by atoms with Gasteiger partial charge in [0.2, 0.25) is 0 Å². The van der Waals surface area contributed by atoms with Crippen LogP contribution in [0.1, 0.15) is 34.6 Å². The summed E-state index contributed by atoms with van der Waals surface area (Å²) < 4.78 is 44.1. The van der Waals surface area contributed by atoms with Crippen molar-refractivity contribution in [1.82, 2.24) is 5.32 Å². The number of alkyl carbamates (subject to hydrolysis) is 1. The van der Waals surface area contributed by atoms with Crippen LogP contribution >= 0.6 is 11.6 Å². The molecule has 1 N–H and O–H groups in total. The first-order chi connectivity index (χ1) is 15.8. The Morgan fingerprint density at radius 3 is 2.27 bits per heavy atom. The number of hydrogen-bond acceptors (Lipinski definition) is 2. The van der Waals surface area contributed by atoms with Crippen molar-refractivity contribution in [2.24, 2.45) is 0 Å². The van der Waals surface area contributed by atoms with Crippen molar-refractivity contribution >= 4 is 23.8 Å². The third-order valence-corrected chi connectivity index (χ3v) is 5.70. The van der Waals surface area contributed by atoms with Gasteiger partial charge in [-0.25, -0.2) is 4.79 Å². The van der Waals surface area contributed by atoms with E-state index in [-0.39, 0.29) is 17.5 Å². The zero-order chi connectivity index (χ0) is 23.4. The fraction of sp³-hybridized carbons (Fsp3) is 0.192. The smallest absolute Gasteiger partial charge is 0.416 e. The van der Waals surface area contributed by atoms with Crippen LogP contribution < -0.4 is 5.32 Å². The molecule has 3 aromatic carbocycles. The summed E-state index contributed by atoms with van der Waals surface area (Å²) in [6.45, 7) is 0.512. The maximum absolute atomic E-state index is 12.9. The molecule has 0 bridgehead atoms. The second-order valence-corrected chi connectivity index (χ2v) is 8.15. The van der Waals surface area contributed by atoms with Crippen LogP contribution in [0.2, 0.25) is 5.02 Å². The minimum atomic E-state index is -4.46. The highest BCUT2D eigenvalue weighted by Gasteiger charge is 2.31. The molecule has 1 amide bonds. The number of alkyl halides is 3. The first-order valence-electron chi connectivity index (χ1n) is 10.5. The number of nitrogens with one attached hydrogen (secondary N) is 1. The summed E-state index contributed by atoms with van der Waals surface area (Å²) in [5.74, 6) is -0.0197. The average molecular weight is 472 g/mol. The monoisotopic (exact) mass is 471 g/mol. The van der Waals surface area contributed by atoms with Crippen molar-refractivity contribution < 1.29 is 22.7 Å². The van der Waals surface area contributed by atoms with E-state index in [0.29, 0.717) is 18.5 Å². The quantitative estimate of drug-likeness (QED) is 0.383. The molecule has 0 aromatic heterocycles. The van der Waals surface area contributed by atoms with Gasteiger partial charge in [0.25, 0.3) is 0 Å². The summed E-state index contributed by atoms with van der Waals surface area (Å²) >= 11 is 5.78. The summed E-state index contributed by atoms with van der Waals surface area (Å²) in [5, 5.41) is 2.68. The zero-order valence-electron chi connectivity index (χ0n) is 17.5. The van der Waals surface area contributed by atoms with Crippen LogP contribution in [0.3, 0.4) is 0 Å². The van der Waals surface area contributed by atoms with E-state index in [1.165, 1.54) is 6.07 Å². The van der Waals surface area contributed by atoms with E-state index in [0.717, 1.165) is 34.4 Å². The van der Waals surface area contributed by atoms with Gasteiger partial charge in [0.1, 0.15) is 6.61 Å². The molecule has 7 heteroatoms. The number of carbonyl (C=O) groups is 1. The Hall–Kier alpha value is -3.25. The molecule has 0 saturated carbocycles. The Morgan fingerprint density at radius 2 is 1.64 bits per heavy atom. The Morgan fingerprint density at radius 1 is 1.00 bits per heavy atom. The summed E-state index contributed by atoms with van der Waals surface area (Å²) in [5.41, 5.74) is 4.12. The number of fused-ring (bicyclic) bond motifs is 3. The number of halogens is 4. The molecule has 170 valence electrons. The molecule has 1 aliphatic rings. The number of carbonyl (C=O) groups excluding carboxylic acids is 1. The summed E-state index contributed by atoms with van der Waals surface area (Å²) in [6.07, 6.45) is -1.35. The molecule has 0 heterocycles. The topological polar surface area (TPSA) is 38.3 Å². The molecule has 3 aromatic rings. The van der Waals surface area contributed by atoms with E-state index in [1.54, 1.807) is 12.2 Å². The van der Waals surface area contributed by atoms with Gasteiger partial charge in [-0.1, -0.05) is 72.3 Å². The lowest BCUT2D eigenvalue weighted by atomic mass is 9.98. The van der Waals surface area contributed by atoms with Crippen LogP contribution in [0.5, 0.6) is 0 Å². The second kappa shape index (κ2) is 9.71. The standard InChI is InChI=1S/C26H21ClF3NO2/c27-19-14-17(13-18(15-19)26(28,29)30)7-5-6-12-31-25(32)33-16-24-22-10-3-1-8-20(22)21-9-2-4-11-23(21)24/h1-5,7-11,13-15,24H,6,12,16H2,(H,31,32). The fourth-order valence-corrected chi connectivity index (χ4v) is 4.24. The van der Waals surface area contributed by atoms with Crippen molar-refractivity contribution in [2.75, 3.05) is 13.2 Å². The van der Waals surface area contributed by atoms with Gasteiger partial charge < -0.3 is 10.1 Å². The van der Waals surface area contributed by atoms with Crippen molar-refractivity contribution in [3.05, 3.63) is 100 Å². The minimum absolute atomic E-state index is 0.0150. The highest BCUT2D eigenvalue weighted by Crippen LogP contribution is 2.44. The summed E-state index contributed by atoms with van der Waals surface area (Å²) in [4.78, 5) is 12.2. The zero-order valence-corrected chi connectivity index (χ0v) is 18.3. The largest absolute Gasteiger partial charge is 0.449 e. The lowest BCUT2D eigenvalue weighted by Gasteiger charge is -2.14. The maximum atomic E-state index is 12.9. The van der Waals surface area contributed by atoms with Crippen LogP contribution in [-0.2, 0) is 10.9 Å². The third kappa shape index (κ3) is 5.40. The van der Waals surface area contributed by atoms with Gasteiger partial charge in [0.05, 0.1) is 5.56 Å². The van der Waals surface area contributed by atoms with Crippen molar-refractivity contribution in [1.29, 1.82) is 0 Å². The third-order valence-electron chi connectivity index (χ3n) is 5.48.